The number of hydrogen-bond donors (Lipinski definition) is 2. The number of nitrogens with one attached hydrogen (secondary N) is 2. The number of amides is 1. The molecule has 2 aliphatic carbocycles. The van der Waals surface area contributed by atoms with E-state index in [-0.39, 0.29) is 23.0 Å². The highest BCUT2D eigenvalue weighted by atomic mass is 32.2. The van der Waals surface area contributed by atoms with Gasteiger partial charge in [0.2, 0.25) is 11.1 Å². The highest BCUT2D eigenvalue weighted by Crippen LogP contribution is 2.44. The minimum Gasteiger partial charge on any atom is -0.352 e. The van der Waals surface area contributed by atoms with Gasteiger partial charge < -0.3 is 5.32 Å². The number of H-pyrrole nitrogens is 1. The van der Waals surface area contributed by atoms with Crippen LogP contribution in [0.5, 0.6) is 0 Å². The first-order chi connectivity index (χ1) is 11.1. The largest absolute Gasteiger partial charge is 0.352 e. The third-order valence-electron chi connectivity index (χ3n) is 4.34. The second-order valence-corrected chi connectivity index (χ2v) is 7.26. The van der Waals surface area contributed by atoms with Crippen molar-refractivity contribution in [1.29, 1.82) is 0 Å². The average molecular weight is 334 g/mol. The molecule has 0 bridgehead atoms. The van der Waals surface area contributed by atoms with Crippen molar-refractivity contribution in [3.63, 3.8) is 0 Å². The van der Waals surface area contributed by atoms with E-state index in [1.165, 1.54) is 42.0 Å². The molecule has 2 N–H and O–H groups in total. The lowest BCUT2D eigenvalue weighted by Gasteiger charge is -2.17. The number of hydrogen-bond acceptors (Lipinski definition) is 6. The normalized spacial score (nSPS) is 17.8. The van der Waals surface area contributed by atoms with E-state index in [1.807, 2.05) is 0 Å². The summed E-state index contributed by atoms with van der Waals surface area (Å²) in [5.41, 5.74) is 0.0574. The quantitative estimate of drug-likeness (QED) is 0.746. The van der Waals surface area contributed by atoms with Gasteiger partial charge in [0, 0.05) is 6.04 Å². The van der Waals surface area contributed by atoms with Crippen LogP contribution >= 0.6 is 11.8 Å². The van der Waals surface area contributed by atoms with Crippen molar-refractivity contribution in [2.24, 2.45) is 11.8 Å². The van der Waals surface area contributed by atoms with E-state index in [0.717, 1.165) is 0 Å². The number of carbonyl (C=O) groups excluding carboxylic acids is 1. The summed E-state index contributed by atoms with van der Waals surface area (Å²) in [6.07, 6.45) is 4.94. The van der Waals surface area contributed by atoms with Crippen LogP contribution in [0.3, 0.4) is 0 Å². The number of fused-ring (bicyclic) bond motifs is 1. The Hall–Kier alpha value is -1.90. The van der Waals surface area contributed by atoms with Gasteiger partial charge in [-0.1, -0.05) is 11.8 Å². The van der Waals surface area contributed by atoms with Gasteiger partial charge >= 0.3 is 0 Å². The standard InChI is InChI=1S/C14H18N6O2S/c1-7-12(22)16-13-17-18-14(20(13)19-7)23-6-10(21)15-11(8-2-3-8)9-4-5-9/h8-9,11H,2-6H2,1H3,(H,15,21)(H,16,17,22). The lowest BCUT2D eigenvalue weighted by molar-refractivity contribution is -0.119. The van der Waals surface area contributed by atoms with Crippen molar-refractivity contribution in [3.05, 3.63) is 16.0 Å². The molecular formula is C14H18N6O2S. The summed E-state index contributed by atoms with van der Waals surface area (Å²) in [5.74, 6) is 1.95. The summed E-state index contributed by atoms with van der Waals surface area (Å²) in [7, 11) is 0. The van der Waals surface area contributed by atoms with Gasteiger partial charge in [0.25, 0.3) is 11.3 Å². The van der Waals surface area contributed by atoms with Crippen LogP contribution in [0.15, 0.2) is 9.95 Å². The van der Waals surface area contributed by atoms with Crippen molar-refractivity contribution in [3.8, 4) is 0 Å². The van der Waals surface area contributed by atoms with Crippen molar-refractivity contribution in [2.75, 3.05) is 5.75 Å². The monoisotopic (exact) mass is 334 g/mol. The van der Waals surface area contributed by atoms with E-state index in [1.54, 1.807) is 6.92 Å². The molecular weight excluding hydrogens is 316 g/mol. The number of thioether (sulfide) groups is 1. The van der Waals surface area contributed by atoms with Crippen LogP contribution in [-0.2, 0) is 4.79 Å². The van der Waals surface area contributed by atoms with Gasteiger partial charge in [-0.05, 0) is 44.4 Å². The van der Waals surface area contributed by atoms with Crippen LogP contribution in [0.1, 0.15) is 31.4 Å². The zero-order valence-corrected chi connectivity index (χ0v) is 13.6. The maximum absolute atomic E-state index is 12.2. The number of nitrogens with zero attached hydrogens (tertiary/aromatic N) is 4. The van der Waals surface area contributed by atoms with E-state index in [9.17, 15) is 9.59 Å². The Morgan fingerprint density at radius 1 is 1.35 bits per heavy atom. The zero-order chi connectivity index (χ0) is 16.0. The van der Waals surface area contributed by atoms with E-state index < -0.39 is 0 Å². The second kappa shape index (κ2) is 5.63. The van der Waals surface area contributed by atoms with Crippen LogP contribution in [0.4, 0.5) is 0 Å². The van der Waals surface area contributed by atoms with Crippen LogP contribution in [-0.4, -0.2) is 42.5 Å². The predicted molar refractivity (Wildman–Crippen MR) is 84.2 cm³/mol. The van der Waals surface area contributed by atoms with Gasteiger partial charge in [-0.15, -0.1) is 10.2 Å². The van der Waals surface area contributed by atoms with E-state index in [4.69, 9.17) is 0 Å². The molecule has 2 fully saturated rings. The second-order valence-electron chi connectivity index (χ2n) is 6.31. The van der Waals surface area contributed by atoms with Crippen molar-refractivity contribution < 1.29 is 4.79 Å². The molecule has 4 rings (SSSR count). The molecule has 23 heavy (non-hydrogen) atoms. The third kappa shape index (κ3) is 3.10. The summed E-state index contributed by atoms with van der Waals surface area (Å²) in [4.78, 5) is 26.3. The van der Waals surface area contributed by atoms with Gasteiger partial charge in [0.15, 0.2) is 0 Å². The molecule has 9 heteroatoms. The first kappa shape index (κ1) is 14.7. The first-order valence-electron chi connectivity index (χ1n) is 7.86. The molecule has 0 radical (unpaired) electrons. The van der Waals surface area contributed by atoms with E-state index in [2.05, 4.69) is 25.6 Å². The fourth-order valence-electron chi connectivity index (χ4n) is 2.80. The molecule has 2 aromatic rings. The van der Waals surface area contributed by atoms with Crippen molar-refractivity contribution in [2.45, 2.75) is 43.8 Å². The number of aromatic nitrogens is 5. The lowest BCUT2D eigenvalue weighted by Crippen LogP contribution is -2.39. The van der Waals surface area contributed by atoms with Crippen LogP contribution < -0.4 is 10.9 Å². The molecule has 0 aliphatic heterocycles. The van der Waals surface area contributed by atoms with Gasteiger partial charge in [0.05, 0.1) is 5.75 Å². The third-order valence-corrected chi connectivity index (χ3v) is 5.26. The summed E-state index contributed by atoms with van der Waals surface area (Å²) < 4.78 is 1.47. The minimum atomic E-state index is -0.282. The molecule has 0 saturated heterocycles. The summed E-state index contributed by atoms with van der Waals surface area (Å²) in [5, 5.41) is 15.7. The number of aryl methyl sites for hydroxylation is 1. The lowest BCUT2D eigenvalue weighted by atomic mass is 10.1. The van der Waals surface area contributed by atoms with Crippen molar-refractivity contribution in [1.82, 2.24) is 30.1 Å². The number of aromatic amines is 1. The van der Waals surface area contributed by atoms with Gasteiger partial charge in [0.1, 0.15) is 5.69 Å². The minimum absolute atomic E-state index is 0.0247. The topological polar surface area (TPSA) is 105 Å². The van der Waals surface area contributed by atoms with Gasteiger partial charge in [-0.3, -0.25) is 14.6 Å². The Bertz CT molecular complexity index is 795. The molecule has 0 aromatic carbocycles. The molecule has 2 aliphatic rings. The van der Waals surface area contributed by atoms with Crippen LogP contribution in [0.25, 0.3) is 5.78 Å². The zero-order valence-electron chi connectivity index (χ0n) is 12.8. The van der Waals surface area contributed by atoms with Gasteiger partial charge in [-0.2, -0.15) is 9.61 Å². The Morgan fingerprint density at radius 3 is 2.70 bits per heavy atom. The fourth-order valence-corrected chi connectivity index (χ4v) is 3.49. The molecule has 8 nitrogen and oxygen atoms in total. The number of rotatable bonds is 6. The maximum Gasteiger partial charge on any atom is 0.273 e. The molecule has 2 heterocycles. The summed E-state index contributed by atoms with van der Waals surface area (Å²) in [6, 6.07) is 0.356. The van der Waals surface area contributed by atoms with E-state index in [0.29, 0.717) is 28.7 Å². The summed E-state index contributed by atoms with van der Waals surface area (Å²) >= 11 is 1.28. The number of carbonyl (C=O) groups is 1. The Balaban J connectivity index is 1.41. The Morgan fingerprint density at radius 2 is 2.04 bits per heavy atom. The molecule has 122 valence electrons. The average Bonchev–Trinajstić information content (AvgIpc) is 3.43. The van der Waals surface area contributed by atoms with Crippen LogP contribution in [0.2, 0.25) is 0 Å². The molecule has 1 amide bonds. The molecule has 2 saturated carbocycles. The molecule has 0 atom stereocenters. The molecule has 0 spiro atoms. The smallest absolute Gasteiger partial charge is 0.273 e. The predicted octanol–water partition coefficient (Wildman–Crippen LogP) is 0.518. The first-order valence-corrected chi connectivity index (χ1v) is 8.85. The van der Waals surface area contributed by atoms with Crippen molar-refractivity contribution >= 4 is 23.4 Å². The SMILES string of the molecule is Cc1nn2c(SCC(=O)NC(C3CC3)C3CC3)nnc2[nH]c1=O. The van der Waals surface area contributed by atoms with Gasteiger partial charge in [-0.25, -0.2) is 0 Å². The van der Waals surface area contributed by atoms with Crippen LogP contribution in [0, 0.1) is 18.8 Å². The fraction of sp³-hybridized carbons (Fsp3) is 0.643. The highest BCUT2D eigenvalue weighted by Gasteiger charge is 2.42. The molecule has 0 unspecified atom stereocenters. The Labute approximate surface area is 136 Å². The molecule has 2 aromatic heterocycles. The highest BCUT2D eigenvalue weighted by molar-refractivity contribution is 7.99. The van der Waals surface area contributed by atoms with E-state index >= 15 is 0 Å². The Kier molecular flexibility index (Phi) is 3.59. The summed E-state index contributed by atoms with van der Waals surface area (Å²) in [6.45, 7) is 1.62. The maximum atomic E-state index is 12.2.